The van der Waals surface area contributed by atoms with Crippen LogP contribution in [0.2, 0.25) is 0 Å². The highest BCUT2D eigenvalue weighted by atomic mass is 16.5. The molecule has 1 saturated heterocycles. The maximum Gasteiger partial charge on any atom is 0.0628 e. The van der Waals surface area contributed by atoms with Gasteiger partial charge in [-0.25, -0.2) is 0 Å². The molecule has 0 bridgehead atoms. The Kier molecular flexibility index (Phi) is 5.57. The fraction of sp³-hybridized carbons (Fsp3) is 0.800. The van der Waals surface area contributed by atoms with E-state index in [4.69, 9.17) is 10.6 Å². The second-order valence-corrected chi connectivity index (χ2v) is 5.89. The first-order valence-electron chi connectivity index (χ1n) is 7.68. The van der Waals surface area contributed by atoms with Crippen molar-refractivity contribution in [2.75, 3.05) is 6.61 Å². The van der Waals surface area contributed by atoms with E-state index >= 15 is 0 Å². The number of aryl methyl sites for hydroxylation is 2. The Morgan fingerprint density at radius 2 is 2.25 bits per heavy atom. The van der Waals surface area contributed by atoms with Gasteiger partial charge in [0.05, 0.1) is 11.8 Å². The lowest BCUT2D eigenvalue weighted by Gasteiger charge is -2.18. The molecule has 1 aliphatic rings. The summed E-state index contributed by atoms with van der Waals surface area (Å²) >= 11 is 0. The van der Waals surface area contributed by atoms with E-state index in [0.29, 0.717) is 12.1 Å². The van der Waals surface area contributed by atoms with E-state index in [2.05, 4.69) is 24.4 Å². The van der Waals surface area contributed by atoms with Crippen molar-refractivity contribution < 1.29 is 4.74 Å². The molecule has 2 atom stereocenters. The molecule has 1 aromatic rings. The summed E-state index contributed by atoms with van der Waals surface area (Å²) in [7, 11) is 2.00. The van der Waals surface area contributed by atoms with Gasteiger partial charge in [-0.1, -0.05) is 0 Å². The maximum atomic E-state index is 5.69. The van der Waals surface area contributed by atoms with Crippen molar-refractivity contribution in [2.45, 2.75) is 64.5 Å². The summed E-state index contributed by atoms with van der Waals surface area (Å²) < 4.78 is 7.63. The quantitative estimate of drug-likeness (QED) is 0.590. The second kappa shape index (κ2) is 7.20. The molecule has 0 aromatic carbocycles. The first kappa shape index (κ1) is 15.5. The predicted molar refractivity (Wildman–Crippen MR) is 80.3 cm³/mol. The second-order valence-electron chi connectivity index (χ2n) is 5.89. The lowest BCUT2D eigenvalue weighted by Crippen LogP contribution is -2.36. The number of ether oxygens (including phenoxy) is 1. The Bertz CT molecular complexity index is 424. The van der Waals surface area contributed by atoms with Crippen molar-refractivity contribution in [3.63, 3.8) is 0 Å². The summed E-state index contributed by atoms with van der Waals surface area (Å²) in [5.74, 6) is 5.69. The Hall–Kier alpha value is -0.910. The minimum atomic E-state index is 0.359. The van der Waals surface area contributed by atoms with Crippen LogP contribution in [-0.2, 0) is 18.2 Å². The van der Waals surface area contributed by atoms with Crippen molar-refractivity contribution in [1.82, 2.24) is 15.2 Å². The first-order chi connectivity index (χ1) is 9.61. The number of rotatable bonds is 7. The van der Waals surface area contributed by atoms with Crippen LogP contribution in [0.1, 0.15) is 49.1 Å². The summed E-state index contributed by atoms with van der Waals surface area (Å²) in [6, 6.07) is 0.359. The zero-order valence-electron chi connectivity index (χ0n) is 13.0. The van der Waals surface area contributed by atoms with Gasteiger partial charge in [-0.2, -0.15) is 5.10 Å². The van der Waals surface area contributed by atoms with E-state index in [-0.39, 0.29) is 0 Å². The molecule has 5 heteroatoms. The van der Waals surface area contributed by atoms with Gasteiger partial charge >= 0.3 is 0 Å². The van der Waals surface area contributed by atoms with Crippen molar-refractivity contribution in [3.8, 4) is 0 Å². The molecule has 1 fully saturated rings. The lowest BCUT2D eigenvalue weighted by atomic mass is 9.99. The number of hydrogen-bond acceptors (Lipinski definition) is 4. The standard InChI is InChI=1S/C15H28N4O/c1-11-15(12(2)19(3)18-11)9-7-13(17-16)6-8-14-5-4-10-20-14/h13-14,17H,4-10,16H2,1-3H3. The minimum Gasteiger partial charge on any atom is -0.378 e. The molecule has 2 unspecified atom stereocenters. The molecule has 1 aliphatic heterocycles. The number of nitrogens with zero attached hydrogens (tertiary/aromatic N) is 2. The SMILES string of the molecule is Cc1nn(C)c(C)c1CCC(CCC1CCCO1)NN. The smallest absolute Gasteiger partial charge is 0.0628 e. The van der Waals surface area contributed by atoms with Crippen LogP contribution >= 0.6 is 0 Å². The molecule has 2 rings (SSSR count). The molecular weight excluding hydrogens is 252 g/mol. The topological polar surface area (TPSA) is 65.1 Å². The van der Waals surface area contributed by atoms with E-state index in [1.165, 1.54) is 24.1 Å². The number of nitrogens with one attached hydrogen (secondary N) is 1. The van der Waals surface area contributed by atoms with Crippen LogP contribution < -0.4 is 11.3 Å². The van der Waals surface area contributed by atoms with Crippen LogP contribution in [0.25, 0.3) is 0 Å². The molecule has 5 nitrogen and oxygen atoms in total. The van der Waals surface area contributed by atoms with Gasteiger partial charge in [0.15, 0.2) is 0 Å². The van der Waals surface area contributed by atoms with Gasteiger partial charge in [-0.05, 0) is 57.9 Å². The number of aromatic nitrogens is 2. The van der Waals surface area contributed by atoms with E-state index < -0.39 is 0 Å². The largest absolute Gasteiger partial charge is 0.378 e. The van der Waals surface area contributed by atoms with Crippen LogP contribution in [0, 0.1) is 13.8 Å². The average molecular weight is 280 g/mol. The zero-order chi connectivity index (χ0) is 14.5. The van der Waals surface area contributed by atoms with Gasteiger partial charge in [-0.15, -0.1) is 0 Å². The molecule has 0 amide bonds. The van der Waals surface area contributed by atoms with Crippen LogP contribution in [-0.4, -0.2) is 28.5 Å². The summed E-state index contributed by atoms with van der Waals surface area (Å²) in [4.78, 5) is 0. The third-order valence-electron chi connectivity index (χ3n) is 4.50. The van der Waals surface area contributed by atoms with E-state index in [1.54, 1.807) is 0 Å². The number of nitrogens with two attached hydrogens (primary N) is 1. The Morgan fingerprint density at radius 1 is 1.45 bits per heavy atom. The van der Waals surface area contributed by atoms with E-state index in [0.717, 1.165) is 38.0 Å². The van der Waals surface area contributed by atoms with Gasteiger partial charge in [0.2, 0.25) is 0 Å². The average Bonchev–Trinajstić information content (AvgIpc) is 3.02. The zero-order valence-corrected chi connectivity index (χ0v) is 13.0. The summed E-state index contributed by atoms with van der Waals surface area (Å²) in [6.45, 7) is 5.14. The summed E-state index contributed by atoms with van der Waals surface area (Å²) in [5.41, 5.74) is 6.73. The summed E-state index contributed by atoms with van der Waals surface area (Å²) in [5, 5.41) is 4.47. The van der Waals surface area contributed by atoms with Crippen LogP contribution in [0.15, 0.2) is 0 Å². The molecule has 114 valence electrons. The first-order valence-corrected chi connectivity index (χ1v) is 7.68. The molecule has 0 saturated carbocycles. The van der Waals surface area contributed by atoms with Gasteiger partial charge < -0.3 is 4.74 Å². The fourth-order valence-electron chi connectivity index (χ4n) is 3.07. The van der Waals surface area contributed by atoms with Crippen LogP contribution in [0.3, 0.4) is 0 Å². The highest BCUT2D eigenvalue weighted by Crippen LogP contribution is 2.20. The normalized spacial score (nSPS) is 20.5. The molecule has 3 N–H and O–H groups in total. The number of hydrogen-bond donors (Lipinski definition) is 2. The molecule has 0 aliphatic carbocycles. The lowest BCUT2D eigenvalue weighted by molar-refractivity contribution is 0.0993. The summed E-state index contributed by atoms with van der Waals surface area (Å²) in [6.07, 6.45) is 7.15. The van der Waals surface area contributed by atoms with Crippen molar-refractivity contribution in [2.24, 2.45) is 12.9 Å². The van der Waals surface area contributed by atoms with Gasteiger partial charge in [0.1, 0.15) is 0 Å². The molecule has 1 aromatic heterocycles. The van der Waals surface area contributed by atoms with Crippen LogP contribution in [0.4, 0.5) is 0 Å². The van der Waals surface area contributed by atoms with Crippen molar-refractivity contribution in [3.05, 3.63) is 17.0 Å². The third kappa shape index (κ3) is 3.81. The molecular formula is C15H28N4O. The van der Waals surface area contributed by atoms with Crippen molar-refractivity contribution >= 4 is 0 Å². The third-order valence-corrected chi connectivity index (χ3v) is 4.50. The van der Waals surface area contributed by atoms with Gasteiger partial charge in [0, 0.05) is 25.4 Å². The Balaban J connectivity index is 1.80. The predicted octanol–water partition coefficient (Wildman–Crippen LogP) is 1.76. The Morgan fingerprint density at radius 3 is 2.80 bits per heavy atom. The highest BCUT2D eigenvalue weighted by Gasteiger charge is 2.18. The highest BCUT2D eigenvalue weighted by molar-refractivity contribution is 5.24. The van der Waals surface area contributed by atoms with Gasteiger partial charge in [0.25, 0.3) is 0 Å². The minimum absolute atomic E-state index is 0.359. The molecule has 0 radical (unpaired) electrons. The van der Waals surface area contributed by atoms with Crippen LogP contribution in [0.5, 0.6) is 0 Å². The number of hydrazine groups is 1. The van der Waals surface area contributed by atoms with Gasteiger partial charge in [-0.3, -0.25) is 16.0 Å². The van der Waals surface area contributed by atoms with E-state index in [9.17, 15) is 0 Å². The molecule has 0 spiro atoms. The Labute approximate surface area is 121 Å². The maximum absolute atomic E-state index is 5.69. The fourth-order valence-corrected chi connectivity index (χ4v) is 3.07. The van der Waals surface area contributed by atoms with Crippen molar-refractivity contribution in [1.29, 1.82) is 0 Å². The monoisotopic (exact) mass is 280 g/mol. The van der Waals surface area contributed by atoms with E-state index in [1.807, 2.05) is 11.7 Å². The molecule has 20 heavy (non-hydrogen) atoms. The molecule has 2 heterocycles.